The summed E-state index contributed by atoms with van der Waals surface area (Å²) in [6.07, 6.45) is 7.17. The summed E-state index contributed by atoms with van der Waals surface area (Å²) in [5.41, 5.74) is 0.170. The number of hydrogen-bond acceptors (Lipinski definition) is 3. The Balaban J connectivity index is 1.91. The van der Waals surface area contributed by atoms with E-state index in [9.17, 15) is 0 Å². The fraction of sp³-hybridized carbons (Fsp3) is 1.00. The van der Waals surface area contributed by atoms with Gasteiger partial charge < -0.3 is 10.1 Å². The van der Waals surface area contributed by atoms with Gasteiger partial charge in [0.15, 0.2) is 0 Å². The van der Waals surface area contributed by atoms with Gasteiger partial charge in [0.1, 0.15) is 0 Å². The highest BCUT2D eigenvalue weighted by atomic mass is 16.5. The summed E-state index contributed by atoms with van der Waals surface area (Å²) >= 11 is 0. The topological polar surface area (TPSA) is 24.5 Å². The zero-order valence-corrected chi connectivity index (χ0v) is 12.4. The molecule has 0 radical (unpaired) electrons. The van der Waals surface area contributed by atoms with Gasteiger partial charge in [0.2, 0.25) is 0 Å². The van der Waals surface area contributed by atoms with Crippen molar-refractivity contribution in [2.45, 2.75) is 57.5 Å². The third-order valence-electron chi connectivity index (χ3n) is 4.78. The Hall–Kier alpha value is -0.120. The maximum Gasteiger partial charge on any atom is 0.0641 e. The highest BCUT2D eigenvalue weighted by molar-refractivity contribution is 4.91. The minimum absolute atomic E-state index is 0.170. The lowest BCUT2D eigenvalue weighted by molar-refractivity contribution is 0.00684. The molecular formula is C15H30N2O. The maximum atomic E-state index is 5.38. The van der Waals surface area contributed by atoms with Crippen LogP contribution in [0.4, 0.5) is 0 Å². The summed E-state index contributed by atoms with van der Waals surface area (Å²) in [7, 11) is 1.81. The Bertz CT molecular complexity index is 249. The standard InChI is InChI=1S/C15H30N2O/c1-15(2,12-18-3)17-10-9-16-14(11-17)13-7-5-4-6-8-13/h13-14,16H,4-12H2,1-3H3. The summed E-state index contributed by atoms with van der Waals surface area (Å²) in [6.45, 7) is 8.92. The van der Waals surface area contributed by atoms with Crippen LogP contribution in [0.3, 0.4) is 0 Å². The molecule has 0 spiro atoms. The van der Waals surface area contributed by atoms with Crippen LogP contribution in [-0.4, -0.2) is 49.8 Å². The molecule has 18 heavy (non-hydrogen) atoms. The van der Waals surface area contributed by atoms with Crippen molar-refractivity contribution < 1.29 is 4.74 Å². The van der Waals surface area contributed by atoms with Gasteiger partial charge in [0.05, 0.1) is 6.61 Å². The second-order valence-electron chi connectivity index (χ2n) is 6.65. The van der Waals surface area contributed by atoms with Crippen molar-refractivity contribution in [3.05, 3.63) is 0 Å². The Morgan fingerprint density at radius 2 is 1.94 bits per heavy atom. The summed E-state index contributed by atoms with van der Waals surface area (Å²) in [5, 5.41) is 3.75. The van der Waals surface area contributed by atoms with Crippen molar-refractivity contribution in [2.24, 2.45) is 5.92 Å². The molecule has 2 fully saturated rings. The van der Waals surface area contributed by atoms with E-state index < -0.39 is 0 Å². The van der Waals surface area contributed by atoms with Crippen molar-refractivity contribution in [3.63, 3.8) is 0 Å². The van der Waals surface area contributed by atoms with Gasteiger partial charge in [-0.25, -0.2) is 0 Å². The van der Waals surface area contributed by atoms with Gasteiger partial charge in [-0.05, 0) is 32.6 Å². The fourth-order valence-electron chi connectivity index (χ4n) is 3.62. The smallest absolute Gasteiger partial charge is 0.0641 e. The molecule has 2 aliphatic rings. The molecule has 0 bridgehead atoms. The van der Waals surface area contributed by atoms with E-state index in [0.717, 1.165) is 25.6 Å². The number of hydrogen-bond donors (Lipinski definition) is 1. The summed E-state index contributed by atoms with van der Waals surface area (Å²) in [6, 6.07) is 0.704. The Morgan fingerprint density at radius 3 is 2.61 bits per heavy atom. The normalized spacial score (nSPS) is 28.5. The third kappa shape index (κ3) is 3.46. The number of ether oxygens (including phenoxy) is 1. The molecule has 1 aliphatic carbocycles. The Kier molecular flexibility index (Phi) is 5.05. The second-order valence-corrected chi connectivity index (χ2v) is 6.65. The lowest BCUT2D eigenvalue weighted by Crippen LogP contribution is -2.60. The van der Waals surface area contributed by atoms with Crippen molar-refractivity contribution in [1.29, 1.82) is 0 Å². The molecule has 0 aromatic carbocycles. The summed E-state index contributed by atoms with van der Waals surface area (Å²) in [5.74, 6) is 0.903. The molecule has 1 N–H and O–H groups in total. The number of nitrogens with zero attached hydrogens (tertiary/aromatic N) is 1. The highest BCUT2D eigenvalue weighted by Gasteiger charge is 2.34. The van der Waals surface area contributed by atoms with Crippen LogP contribution < -0.4 is 5.32 Å². The Morgan fingerprint density at radius 1 is 1.22 bits per heavy atom. The molecule has 1 aliphatic heterocycles. The monoisotopic (exact) mass is 254 g/mol. The van der Waals surface area contributed by atoms with Crippen LogP contribution in [-0.2, 0) is 4.74 Å². The van der Waals surface area contributed by atoms with E-state index in [1.54, 1.807) is 0 Å². The van der Waals surface area contributed by atoms with Crippen LogP contribution in [0.15, 0.2) is 0 Å². The van der Waals surface area contributed by atoms with Crippen LogP contribution >= 0.6 is 0 Å². The lowest BCUT2D eigenvalue weighted by atomic mass is 9.82. The molecule has 1 unspecified atom stereocenters. The SMILES string of the molecule is COCC(C)(C)N1CCNC(C2CCCCC2)C1. The number of rotatable bonds is 4. The number of piperazine rings is 1. The first kappa shape index (κ1) is 14.3. The highest BCUT2D eigenvalue weighted by Crippen LogP contribution is 2.29. The van der Waals surface area contributed by atoms with E-state index in [1.807, 2.05) is 7.11 Å². The van der Waals surface area contributed by atoms with Crippen molar-refractivity contribution in [2.75, 3.05) is 33.4 Å². The van der Waals surface area contributed by atoms with Crippen molar-refractivity contribution in [1.82, 2.24) is 10.2 Å². The van der Waals surface area contributed by atoms with Gasteiger partial charge in [-0.3, -0.25) is 4.90 Å². The summed E-state index contributed by atoms with van der Waals surface area (Å²) < 4.78 is 5.38. The maximum absolute atomic E-state index is 5.38. The lowest BCUT2D eigenvalue weighted by Gasteiger charge is -2.46. The molecule has 1 atom stereocenters. The van der Waals surface area contributed by atoms with Gasteiger partial charge in [0.25, 0.3) is 0 Å². The molecule has 1 heterocycles. The average Bonchev–Trinajstić information content (AvgIpc) is 2.40. The first-order valence-electron chi connectivity index (χ1n) is 7.61. The molecular weight excluding hydrogens is 224 g/mol. The minimum atomic E-state index is 0.170. The second kappa shape index (κ2) is 6.36. The molecule has 0 aromatic rings. The predicted octanol–water partition coefficient (Wildman–Crippen LogP) is 2.27. The van der Waals surface area contributed by atoms with Crippen LogP contribution in [0.1, 0.15) is 46.0 Å². The van der Waals surface area contributed by atoms with E-state index in [2.05, 4.69) is 24.1 Å². The van der Waals surface area contributed by atoms with Crippen LogP contribution in [0, 0.1) is 5.92 Å². The fourth-order valence-corrected chi connectivity index (χ4v) is 3.62. The predicted molar refractivity (Wildman–Crippen MR) is 75.9 cm³/mol. The first-order valence-corrected chi connectivity index (χ1v) is 7.61. The molecule has 3 heteroatoms. The quantitative estimate of drug-likeness (QED) is 0.833. The molecule has 3 nitrogen and oxygen atoms in total. The third-order valence-corrected chi connectivity index (χ3v) is 4.78. The minimum Gasteiger partial charge on any atom is -0.383 e. The molecule has 1 saturated heterocycles. The van der Waals surface area contributed by atoms with Crippen molar-refractivity contribution >= 4 is 0 Å². The molecule has 2 rings (SSSR count). The van der Waals surface area contributed by atoms with Crippen LogP contribution in [0.25, 0.3) is 0 Å². The average molecular weight is 254 g/mol. The largest absolute Gasteiger partial charge is 0.383 e. The van der Waals surface area contributed by atoms with E-state index in [-0.39, 0.29) is 5.54 Å². The molecule has 0 amide bonds. The van der Waals surface area contributed by atoms with Crippen LogP contribution in [0.2, 0.25) is 0 Å². The van der Waals surface area contributed by atoms with Gasteiger partial charge in [-0.1, -0.05) is 19.3 Å². The van der Waals surface area contributed by atoms with E-state index in [0.29, 0.717) is 6.04 Å². The van der Waals surface area contributed by atoms with E-state index in [4.69, 9.17) is 4.74 Å². The van der Waals surface area contributed by atoms with Crippen LogP contribution in [0.5, 0.6) is 0 Å². The van der Waals surface area contributed by atoms with E-state index in [1.165, 1.54) is 38.6 Å². The molecule has 106 valence electrons. The zero-order valence-electron chi connectivity index (χ0n) is 12.4. The van der Waals surface area contributed by atoms with Gasteiger partial charge in [0, 0.05) is 38.3 Å². The molecule has 0 aromatic heterocycles. The van der Waals surface area contributed by atoms with Gasteiger partial charge in [-0.2, -0.15) is 0 Å². The first-order chi connectivity index (χ1) is 8.63. The number of methoxy groups -OCH3 is 1. The molecule has 1 saturated carbocycles. The Labute approximate surface area is 112 Å². The van der Waals surface area contributed by atoms with Gasteiger partial charge >= 0.3 is 0 Å². The van der Waals surface area contributed by atoms with Gasteiger partial charge in [-0.15, -0.1) is 0 Å². The van der Waals surface area contributed by atoms with Crippen molar-refractivity contribution in [3.8, 4) is 0 Å². The number of nitrogens with one attached hydrogen (secondary N) is 1. The summed E-state index contributed by atoms with van der Waals surface area (Å²) in [4.78, 5) is 2.62. The zero-order chi connectivity index (χ0) is 13.0. The van der Waals surface area contributed by atoms with E-state index >= 15 is 0 Å².